The van der Waals surface area contributed by atoms with Gasteiger partial charge in [0, 0.05) is 13.1 Å². The number of nitrogens with one attached hydrogen (secondary N) is 1. The normalized spacial score (nSPS) is 10.8. The van der Waals surface area contributed by atoms with E-state index in [-0.39, 0.29) is 0 Å². The first kappa shape index (κ1) is 10.4. The van der Waals surface area contributed by atoms with Gasteiger partial charge in [0.1, 0.15) is 0 Å². The zero-order valence-corrected chi connectivity index (χ0v) is 9.60. The van der Waals surface area contributed by atoms with Crippen molar-refractivity contribution in [1.29, 1.82) is 0 Å². The second-order valence-electron chi connectivity index (χ2n) is 3.35. The Morgan fingerprint density at radius 2 is 2.33 bits per heavy atom. The molecule has 1 heterocycles. The largest absolute Gasteiger partial charge is 0.360 e. The van der Waals surface area contributed by atoms with Crippen LogP contribution in [0.4, 0.5) is 5.13 Å². The van der Waals surface area contributed by atoms with E-state index in [1.165, 1.54) is 10.3 Å². The number of hydrogen-bond donors (Lipinski definition) is 2. The number of fused-ring (bicyclic) bond motifs is 1. The van der Waals surface area contributed by atoms with Crippen molar-refractivity contribution in [2.24, 2.45) is 5.73 Å². The summed E-state index contributed by atoms with van der Waals surface area (Å²) in [5.41, 5.74) is 7.88. The second-order valence-corrected chi connectivity index (χ2v) is 4.38. The predicted molar refractivity (Wildman–Crippen MR) is 66.5 cm³/mol. The Kier molecular flexibility index (Phi) is 3.18. The lowest BCUT2D eigenvalue weighted by Gasteiger charge is -1.97. The van der Waals surface area contributed by atoms with Gasteiger partial charge in [0.05, 0.1) is 10.2 Å². The molecule has 3 nitrogen and oxygen atoms in total. The van der Waals surface area contributed by atoms with Gasteiger partial charge >= 0.3 is 0 Å². The fourth-order valence-electron chi connectivity index (χ4n) is 1.55. The van der Waals surface area contributed by atoms with Gasteiger partial charge in [-0.2, -0.15) is 0 Å². The fourth-order valence-corrected chi connectivity index (χ4v) is 2.49. The third kappa shape index (κ3) is 2.11. The number of rotatable bonds is 4. The lowest BCUT2D eigenvalue weighted by molar-refractivity contribution is 1.02. The smallest absolute Gasteiger partial charge is 0.183 e. The van der Waals surface area contributed by atoms with Crippen molar-refractivity contribution in [2.75, 3.05) is 18.4 Å². The molecule has 3 N–H and O–H groups in total. The number of benzene rings is 1. The minimum absolute atomic E-state index is 0.635. The van der Waals surface area contributed by atoms with Gasteiger partial charge in [-0.3, -0.25) is 0 Å². The Bertz CT molecular complexity index is 450. The minimum atomic E-state index is 0.635. The molecule has 4 heteroatoms. The highest BCUT2D eigenvalue weighted by molar-refractivity contribution is 7.22. The van der Waals surface area contributed by atoms with E-state index in [1.807, 2.05) is 0 Å². The van der Waals surface area contributed by atoms with Crippen molar-refractivity contribution in [3.8, 4) is 0 Å². The Balaban J connectivity index is 2.37. The van der Waals surface area contributed by atoms with E-state index in [4.69, 9.17) is 5.73 Å². The summed E-state index contributed by atoms with van der Waals surface area (Å²) in [4.78, 5) is 4.57. The molecule has 0 spiro atoms. The van der Waals surface area contributed by atoms with Crippen LogP contribution in [0.3, 0.4) is 0 Å². The third-order valence-electron chi connectivity index (χ3n) is 2.30. The van der Waals surface area contributed by atoms with Crippen LogP contribution < -0.4 is 11.1 Å². The van der Waals surface area contributed by atoms with Crippen LogP contribution in [-0.4, -0.2) is 18.1 Å². The van der Waals surface area contributed by atoms with E-state index in [2.05, 4.69) is 35.4 Å². The molecule has 0 amide bonds. The summed E-state index contributed by atoms with van der Waals surface area (Å²) in [6, 6.07) is 6.33. The number of aryl methyl sites for hydroxylation is 1. The summed E-state index contributed by atoms with van der Waals surface area (Å²) in [6.45, 7) is 3.57. The maximum Gasteiger partial charge on any atom is 0.183 e. The predicted octanol–water partition coefficient (Wildman–Crippen LogP) is 2.23. The van der Waals surface area contributed by atoms with Gasteiger partial charge in [0.2, 0.25) is 0 Å². The number of nitrogens with zero attached hydrogens (tertiary/aromatic N) is 1. The number of anilines is 1. The molecule has 0 bridgehead atoms. The van der Waals surface area contributed by atoms with Gasteiger partial charge in [0.25, 0.3) is 0 Å². The highest BCUT2D eigenvalue weighted by Crippen LogP contribution is 2.28. The lowest BCUT2D eigenvalue weighted by Crippen LogP contribution is -2.12. The zero-order valence-electron chi connectivity index (χ0n) is 8.79. The monoisotopic (exact) mass is 221 g/mol. The topological polar surface area (TPSA) is 50.9 Å². The summed E-state index contributed by atoms with van der Waals surface area (Å²) in [7, 11) is 0. The Labute approximate surface area is 93.3 Å². The number of aromatic nitrogens is 1. The van der Waals surface area contributed by atoms with Crippen LogP contribution in [0.5, 0.6) is 0 Å². The van der Waals surface area contributed by atoms with Gasteiger partial charge in [-0.05, 0) is 18.1 Å². The second kappa shape index (κ2) is 4.59. The molecule has 2 rings (SSSR count). The highest BCUT2D eigenvalue weighted by atomic mass is 32.1. The van der Waals surface area contributed by atoms with E-state index in [1.54, 1.807) is 11.3 Å². The van der Waals surface area contributed by atoms with Gasteiger partial charge in [-0.1, -0.05) is 30.4 Å². The fraction of sp³-hybridized carbons (Fsp3) is 0.364. The van der Waals surface area contributed by atoms with Crippen LogP contribution in [0.25, 0.3) is 10.2 Å². The molecule has 0 aliphatic carbocycles. The van der Waals surface area contributed by atoms with Crippen LogP contribution >= 0.6 is 11.3 Å². The summed E-state index contributed by atoms with van der Waals surface area (Å²) < 4.78 is 1.24. The average Bonchev–Trinajstić information content (AvgIpc) is 2.68. The minimum Gasteiger partial charge on any atom is -0.360 e. The molecule has 15 heavy (non-hydrogen) atoms. The van der Waals surface area contributed by atoms with Crippen LogP contribution in [0.2, 0.25) is 0 Å². The van der Waals surface area contributed by atoms with E-state index < -0.39 is 0 Å². The first-order valence-electron chi connectivity index (χ1n) is 5.17. The molecule has 0 saturated heterocycles. The van der Waals surface area contributed by atoms with E-state index in [9.17, 15) is 0 Å². The van der Waals surface area contributed by atoms with Gasteiger partial charge < -0.3 is 11.1 Å². The lowest BCUT2D eigenvalue weighted by atomic mass is 10.1. The molecule has 0 atom stereocenters. The molecule has 0 radical (unpaired) electrons. The standard InChI is InChI=1S/C11H15N3S/c1-2-8-4-3-5-9-10(8)14-11(15-9)13-7-6-12/h3-5H,2,6-7,12H2,1H3,(H,13,14). The van der Waals surface area contributed by atoms with Crippen molar-refractivity contribution in [2.45, 2.75) is 13.3 Å². The first-order chi connectivity index (χ1) is 7.35. The molecule has 0 saturated carbocycles. The summed E-state index contributed by atoms with van der Waals surface area (Å²) in [6.07, 6.45) is 1.03. The SMILES string of the molecule is CCc1cccc2sc(NCCN)nc12. The molecule has 1 aromatic carbocycles. The van der Waals surface area contributed by atoms with Crippen molar-refractivity contribution < 1.29 is 0 Å². The van der Waals surface area contributed by atoms with Crippen LogP contribution in [0.15, 0.2) is 18.2 Å². The Morgan fingerprint density at radius 3 is 3.07 bits per heavy atom. The molecule has 80 valence electrons. The molecular weight excluding hydrogens is 206 g/mol. The van der Waals surface area contributed by atoms with Crippen LogP contribution in [0, 0.1) is 0 Å². The first-order valence-corrected chi connectivity index (χ1v) is 5.99. The molecule has 0 unspecified atom stereocenters. The number of hydrogen-bond acceptors (Lipinski definition) is 4. The third-order valence-corrected chi connectivity index (χ3v) is 3.28. The quantitative estimate of drug-likeness (QED) is 0.832. The average molecular weight is 221 g/mol. The maximum atomic E-state index is 5.44. The zero-order chi connectivity index (χ0) is 10.7. The highest BCUT2D eigenvalue weighted by Gasteiger charge is 2.05. The number of thiazole rings is 1. The summed E-state index contributed by atoms with van der Waals surface area (Å²) in [5.74, 6) is 0. The van der Waals surface area contributed by atoms with Gasteiger partial charge in [-0.25, -0.2) is 4.98 Å². The van der Waals surface area contributed by atoms with Crippen LogP contribution in [-0.2, 0) is 6.42 Å². The van der Waals surface area contributed by atoms with Crippen molar-refractivity contribution in [3.63, 3.8) is 0 Å². The molecule has 2 aromatic rings. The maximum absolute atomic E-state index is 5.44. The van der Waals surface area contributed by atoms with E-state index in [0.717, 1.165) is 23.6 Å². The summed E-state index contributed by atoms with van der Waals surface area (Å²) in [5, 5.41) is 4.19. The number of para-hydroxylation sites is 1. The molecular formula is C11H15N3S. The molecule has 1 aromatic heterocycles. The molecule has 0 aliphatic rings. The van der Waals surface area contributed by atoms with E-state index >= 15 is 0 Å². The van der Waals surface area contributed by atoms with Crippen LogP contribution in [0.1, 0.15) is 12.5 Å². The summed E-state index contributed by atoms with van der Waals surface area (Å²) >= 11 is 1.69. The van der Waals surface area contributed by atoms with Crippen molar-refractivity contribution >= 4 is 26.7 Å². The number of nitrogens with two attached hydrogens (primary N) is 1. The molecule has 0 fully saturated rings. The van der Waals surface area contributed by atoms with Crippen molar-refractivity contribution in [3.05, 3.63) is 23.8 Å². The van der Waals surface area contributed by atoms with E-state index in [0.29, 0.717) is 6.54 Å². The van der Waals surface area contributed by atoms with Gasteiger partial charge in [0.15, 0.2) is 5.13 Å². The Hall–Kier alpha value is -1.13. The Morgan fingerprint density at radius 1 is 1.47 bits per heavy atom. The van der Waals surface area contributed by atoms with Gasteiger partial charge in [-0.15, -0.1) is 0 Å². The molecule has 0 aliphatic heterocycles. The van der Waals surface area contributed by atoms with Crippen molar-refractivity contribution in [1.82, 2.24) is 4.98 Å².